The van der Waals surface area contributed by atoms with Gasteiger partial charge < -0.3 is 4.65 Å². The monoisotopic (exact) mass is 265 g/mol. The molecule has 108 valence electrons. The minimum atomic E-state index is -0.153. The van der Waals surface area contributed by atoms with Crippen LogP contribution in [0.5, 0.6) is 0 Å². The largest absolute Gasteiger partial charge is 0.537 e. The Balaban J connectivity index is 2.20. The lowest BCUT2D eigenvalue weighted by Crippen LogP contribution is -2.21. The molecule has 0 aromatic heterocycles. The topological polar surface area (TPSA) is 38.7 Å². The van der Waals surface area contributed by atoms with Crippen LogP contribution in [0.4, 0.5) is 0 Å². The molecular formula is C15H28BNO2. The first-order chi connectivity index (χ1) is 9.22. The van der Waals surface area contributed by atoms with Crippen molar-refractivity contribution < 1.29 is 9.45 Å². The van der Waals surface area contributed by atoms with Crippen molar-refractivity contribution in [3.63, 3.8) is 0 Å². The minimum Gasteiger partial charge on any atom is -0.537 e. The van der Waals surface area contributed by atoms with Crippen molar-refractivity contribution in [3.05, 3.63) is 0 Å². The van der Waals surface area contributed by atoms with Gasteiger partial charge in [-0.15, -0.1) is 0 Å². The zero-order valence-corrected chi connectivity index (χ0v) is 12.6. The average Bonchev–Trinajstić information content (AvgIpc) is 2.41. The normalized spacial score (nSPS) is 15.2. The third-order valence-corrected chi connectivity index (χ3v) is 3.66. The van der Waals surface area contributed by atoms with Crippen molar-refractivity contribution in [2.24, 2.45) is 4.99 Å². The Morgan fingerprint density at radius 2 is 1.89 bits per heavy atom. The molecule has 0 bridgehead atoms. The standard InChI is InChI=1S/C15H28BNO2/c1-3-4-11-16(19-14(2)18)12-8-13-17-15-9-6-5-7-10-15/h3-13H2,1-2H3. The first kappa shape index (κ1) is 16.3. The molecule has 1 saturated carbocycles. The zero-order valence-electron chi connectivity index (χ0n) is 12.6. The lowest BCUT2D eigenvalue weighted by Gasteiger charge is -2.14. The molecule has 1 rings (SSSR count). The number of hydrogen-bond acceptors (Lipinski definition) is 3. The van der Waals surface area contributed by atoms with E-state index < -0.39 is 0 Å². The summed E-state index contributed by atoms with van der Waals surface area (Å²) >= 11 is 0. The molecule has 0 aliphatic heterocycles. The van der Waals surface area contributed by atoms with Gasteiger partial charge in [-0.1, -0.05) is 26.2 Å². The maximum Gasteiger partial charge on any atom is 0.361 e. The fraction of sp³-hybridized carbons (Fsp3) is 0.867. The maximum atomic E-state index is 11.0. The van der Waals surface area contributed by atoms with Gasteiger partial charge in [0, 0.05) is 19.2 Å². The summed E-state index contributed by atoms with van der Waals surface area (Å²) in [5, 5.41) is 0. The number of aliphatic imine (C=N–C) groups is 1. The van der Waals surface area contributed by atoms with Gasteiger partial charge in [0.25, 0.3) is 5.97 Å². The molecule has 19 heavy (non-hydrogen) atoms. The van der Waals surface area contributed by atoms with Gasteiger partial charge in [-0.3, -0.25) is 9.79 Å². The SMILES string of the molecule is CCCCB(CCCN=C1CCCCC1)OC(C)=O. The van der Waals surface area contributed by atoms with E-state index in [2.05, 4.69) is 6.92 Å². The highest BCUT2D eigenvalue weighted by Gasteiger charge is 2.17. The Morgan fingerprint density at radius 1 is 1.21 bits per heavy atom. The van der Waals surface area contributed by atoms with Gasteiger partial charge in [-0.05, 0) is 44.7 Å². The first-order valence-electron chi connectivity index (χ1n) is 7.91. The van der Waals surface area contributed by atoms with Gasteiger partial charge in [0.2, 0.25) is 0 Å². The van der Waals surface area contributed by atoms with E-state index in [0.717, 1.165) is 38.4 Å². The van der Waals surface area contributed by atoms with Crippen molar-refractivity contribution in [3.8, 4) is 0 Å². The van der Waals surface area contributed by atoms with E-state index in [-0.39, 0.29) is 12.9 Å². The molecule has 0 aromatic rings. The highest BCUT2D eigenvalue weighted by molar-refractivity contribution is 6.53. The van der Waals surface area contributed by atoms with Crippen molar-refractivity contribution in [1.82, 2.24) is 0 Å². The molecule has 1 aliphatic rings. The quantitative estimate of drug-likeness (QED) is 0.488. The average molecular weight is 265 g/mol. The summed E-state index contributed by atoms with van der Waals surface area (Å²) in [6.45, 7) is 4.67. The second kappa shape index (κ2) is 10.0. The minimum absolute atomic E-state index is 0.101. The number of hydrogen-bond donors (Lipinski definition) is 0. The maximum absolute atomic E-state index is 11.0. The van der Waals surface area contributed by atoms with Crippen molar-refractivity contribution in [2.45, 2.75) is 77.9 Å². The van der Waals surface area contributed by atoms with Crippen LogP contribution in [-0.4, -0.2) is 25.1 Å². The highest BCUT2D eigenvalue weighted by Crippen LogP contribution is 2.15. The van der Waals surface area contributed by atoms with E-state index in [9.17, 15) is 4.79 Å². The van der Waals surface area contributed by atoms with E-state index in [1.54, 1.807) is 0 Å². The molecule has 1 fully saturated rings. The Kier molecular flexibility index (Phi) is 8.60. The Morgan fingerprint density at radius 3 is 2.53 bits per heavy atom. The molecule has 0 atom stereocenters. The number of carbonyl (C=O) groups is 1. The van der Waals surface area contributed by atoms with Crippen LogP contribution in [0.2, 0.25) is 12.6 Å². The third kappa shape index (κ3) is 8.07. The molecule has 1 aliphatic carbocycles. The van der Waals surface area contributed by atoms with Crippen LogP contribution >= 0.6 is 0 Å². The Bertz CT molecular complexity index is 284. The summed E-state index contributed by atoms with van der Waals surface area (Å²) in [5.41, 5.74) is 1.41. The number of unbranched alkanes of at least 4 members (excludes halogenated alkanes) is 1. The number of carbonyl (C=O) groups excluding carboxylic acids is 1. The molecule has 0 saturated heterocycles. The lowest BCUT2D eigenvalue weighted by atomic mass is 9.59. The van der Waals surface area contributed by atoms with Crippen LogP contribution < -0.4 is 0 Å². The predicted octanol–water partition coefficient (Wildman–Crippen LogP) is 4.14. The molecular weight excluding hydrogens is 237 g/mol. The van der Waals surface area contributed by atoms with E-state index in [1.165, 1.54) is 44.7 Å². The molecule has 0 aromatic carbocycles. The van der Waals surface area contributed by atoms with Gasteiger partial charge in [-0.2, -0.15) is 0 Å². The molecule has 4 heteroatoms. The second-order valence-corrected chi connectivity index (χ2v) is 5.52. The van der Waals surface area contributed by atoms with Crippen LogP contribution in [-0.2, 0) is 9.45 Å². The fourth-order valence-corrected chi connectivity index (χ4v) is 2.60. The summed E-state index contributed by atoms with van der Waals surface area (Å²) in [7, 11) is 0. The smallest absolute Gasteiger partial charge is 0.361 e. The summed E-state index contributed by atoms with van der Waals surface area (Å²) in [5.74, 6) is -0.153. The van der Waals surface area contributed by atoms with Crippen LogP contribution in [0.25, 0.3) is 0 Å². The lowest BCUT2D eigenvalue weighted by molar-refractivity contribution is -0.132. The van der Waals surface area contributed by atoms with Crippen molar-refractivity contribution >= 4 is 18.6 Å². The van der Waals surface area contributed by atoms with Gasteiger partial charge in [0.15, 0.2) is 0 Å². The van der Waals surface area contributed by atoms with Gasteiger partial charge >= 0.3 is 6.92 Å². The van der Waals surface area contributed by atoms with E-state index in [0.29, 0.717) is 0 Å². The Labute approximate surface area is 118 Å². The summed E-state index contributed by atoms with van der Waals surface area (Å²) in [6, 6.07) is 0. The molecule has 0 heterocycles. The van der Waals surface area contributed by atoms with Crippen LogP contribution in [0.1, 0.15) is 65.2 Å². The van der Waals surface area contributed by atoms with Crippen LogP contribution in [0.15, 0.2) is 4.99 Å². The van der Waals surface area contributed by atoms with Gasteiger partial charge in [0.05, 0.1) is 0 Å². The molecule has 0 spiro atoms. The molecule has 0 radical (unpaired) electrons. The summed E-state index contributed by atoms with van der Waals surface area (Å²) < 4.78 is 5.36. The van der Waals surface area contributed by atoms with E-state index in [4.69, 9.17) is 9.65 Å². The summed E-state index contributed by atoms with van der Waals surface area (Å²) in [6.07, 6.45) is 11.6. The predicted molar refractivity (Wildman–Crippen MR) is 82.0 cm³/mol. The molecule has 0 N–H and O–H groups in total. The molecule has 0 unspecified atom stereocenters. The van der Waals surface area contributed by atoms with Crippen LogP contribution in [0.3, 0.4) is 0 Å². The van der Waals surface area contributed by atoms with Crippen molar-refractivity contribution in [2.75, 3.05) is 6.54 Å². The van der Waals surface area contributed by atoms with E-state index in [1.807, 2.05) is 0 Å². The molecule has 0 amide bonds. The van der Waals surface area contributed by atoms with Gasteiger partial charge in [0.1, 0.15) is 0 Å². The third-order valence-electron chi connectivity index (χ3n) is 3.66. The van der Waals surface area contributed by atoms with Crippen LogP contribution in [0, 0.1) is 0 Å². The van der Waals surface area contributed by atoms with Crippen molar-refractivity contribution in [1.29, 1.82) is 0 Å². The number of rotatable bonds is 8. The summed E-state index contributed by atoms with van der Waals surface area (Å²) in [4.78, 5) is 15.7. The highest BCUT2D eigenvalue weighted by atomic mass is 16.5. The molecule has 3 nitrogen and oxygen atoms in total. The first-order valence-corrected chi connectivity index (χ1v) is 7.91. The zero-order chi connectivity index (χ0) is 13.9. The van der Waals surface area contributed by atoms with E-state index >= 15 is 0 Å². The fourth-order valence-electron chi connectivity index (χ4n) is 2.60. The van der Waals surface area contributed by atoms with Gasteiger partial charge in [-0.25, -0.2) is 0 Å². The second-order valence-electron chi connectivity index (χ2n) is 5.52. The Hall–Kier alpha value is -0.795. The number of nitrogens with zero attached hydrogens (tertiary/aromatic N) is 1.